The molecule has 9 heteroatoms. The van der Waals surface area contributed by atoms with Crippen molar-refractivity contribution in [1.82, 2.24) is 19.6 Å². The molecule has 152 valence electrons. The number of halogens is 2. The zero-order chi connectivity index (χ0) is 20.9. The van der Waals surface area contributed by atoms with Gasteiger partial charge >= 0.3 is 0 Å². The lowest BCUT2D eigenvalue weighted by molar-refractivity contribution is 0.102. The first kappa shape index (κ1) is 19.3. The third kappa shape index (κ3) is 4.69. The van der Waals surface area contributed by atoms with Crippen molar-refractivity contribution in [3.05, 3.63) is 96.1 Å². The third-order valence-corrected chi connectivity index (χ3v) is 4.23. The summed E-state index contributed by atoms with van der Waals surface area (Å²) < 4.78 is 35.1. The summed E-state index contributed by atoms with van der Waals surface area (Å²) in [5.74, 6) is -0.592. The number of rotatable bonds is 7. The highest BCUT2D eigenvalue weighted by atomic mass is 19.1. The number of carbonyl (C=O) groups excluding carboxylic acids is 1. The van der Waals surface area contributed by atoms with E-state index in [2.05, 4.69) is 15.5 Å². The van der Waals surface area contributed by atoms with Crippen LogP contribution in [0.2, 0.25) is 0 Å². The van der Waals surface area contributed by atoms with Gasteiger partial charge in [-0.3, -0.25) is 9.48 Å². The van der Waals surface area contributed by atoms with Crippen molar-refractivity contribution in [2.75, 3.05) is 5.32 Å². The lowest BCUT2D eigenvalue weighted by atomic mass is 10.2. The van der Waals surface area contributed by atoms with Gasteiger partial charge in [0, 0.05) is 18.0 Å². The Kier molecular flexibility index (Phi) is 5.51. The van der Waals surface area contributed by atoms with Crippen LogP contribution in [0.25, 0.3) is 0 Å². The van der Waals surface area contributed by atoms with Crippen LogP contribution in [0.1, 0.15) is 16.1 Å². The van der Waals surface area contributed by atoms with Gasteiger partial charge in [0.1, 0.15) is 17.4 Å². The monoisotopic (exact) mass is 409 g/mol. The molecule has 2 aromatic heterocycles. The second kappa shape index (κ2) is 8.56. The molecule has 4 rings (SSSR count). The molecule has 0 unspecified atom stereocenters. The van der Waals surface area contributed by atoms with Gasteiger partial charge in [0.05, 0.1) is 18.4 Å². The molecule has 0 atom stereocenters. The van der Waals surface area contributed by atoms with Crippen molar-refractivity contribution in [3.8, 4) is 5.75 Å². The number of benzene rings is 2. The third-order valence-electron chi connectivity index (χ3n) is 4.23. The minimum Gasteiger partial charge on any atom is -0.471 e. The summed E-state index contributed by atoms with van der Waals surface area (Å²) in [5, 5.41) is 11.0. The number of nitrogens with zero attached hydrogens (tertiary/aromatic N) is 4. The van der Waals surface area contributed by atoms with Gasteiger partial charge in [0.25, 0.3) is 5.91 Å². The highest BCUT2D eigenvalue weighted by Crippen LogP contribution is 2.13. The highest BCUT2D eigenvalue weighted by Gasteiger charge is 2.12. The Hall–Kier alpha value is -4.01. The van der Waals surface area contributed by atoms with Crippen LogP contribution in [0.3, 0.4) is 0 Å². The van der Waals surface area contributed by atoms with Crippen LogP contribution in [0.5, 0.6) is 5.75 Å². The van der Waals surface area contributed by atoms with Gasteiger partial charge in [0.15, 0.2) is 12.4 Å². The normalized spacial score (nSPS) is 10.7. The molecule has 0 bridgehead atoms. The molecule has 1 amide bonds. The fourth-order valence-electron chi connectivity index (χ4n) is 2.74. The fraction of sp³-hybridized carbons (Fsp3) is 0.0952. The Morgan fingerprint density at radius 1 is 1.03 bits per heavy atom. The summed E-state index contributed by atoms with van der Waals surface area (Å²) in [6, 6.07) is 13.6. The molecule has 0 saturated carbocycles. The van der Waals surface area contributed by atoms with Crippen LogP contribution in [0.15, 0.2) is 73.2 Å². The van der Waals surface area contributed by atoms with Crippen molar-refractivity contribution in [3.63, 3.8) is 0 Å². The number of hydrogen-bond donors (Lipinski definition) is 1. The van der Waals surface area contributed by atoms with Gasteiger partial charge < -0.3 is 10.1 Å². The number of ether oxygens (including phenoxy) is 1. The van der Waals surface area contributed by atoms with Crippen LogP contribution in [0, 0.1) is 11.6 Å². The van der Waals surface area contributed by atoms with Gasteiger partial charge in [-0.25, -0.2) is 13.5 Å². The van der Waals surface area contributed by atoms with E-state index in [1.54, 1.807) is 36.7 Å². The summed E-state index contributed by atoms with van der Waals surface area (Å²) in [7, 11) is 0. The van der Waals surface area contributed by atoms with E-state index in [9.17, 15) is 13.6 Å². The largest absolute Gasteiger partial charge is 0.471 e. The number of nitrogens with one attached hydrogen (secondary N) is 1. The van der Waals surface area contributed by atoms with E-state index >= 15 is 0 Å². The Labute approximate surface area is 170 Å². The highest BCUT2D eigenvalue weighted by molar-refractivity contribution is 6.02. The first-order valence-corrected chi connectivity index (χ1v) is 9.06. The van der Waals surface area contributed by atoms with E-state index < -0.39 is 5.91 Å². The molecule has 0 saturated heterocycles. The number of anilines is 1. The van der Waals surface area contributed by atoms with Gasteiger partial charge in [-0.2, -0.15) is 10.2 Å². The predicted molar refractivity (Wildman–Crippen MR) is 105 cm³/mol. The van der Waals surface area contributed by atoms with Crippen molar-refractivity contribution >= 4 is 11.6 Å². The fourth-order valence-corrected chi connectivity index (χ4v) is 2.74. The summed E-state index contributed by atoms with van der Waals surface area (Å²) >= 11 is 0. The molecule has 0 fully saturated rings. The summed E-state index contributed by atoms with van der Waals surface area (Å²) in [4.78, 5) is 12.4. The van der Waals surface area contributed by atoms with E-state index in [1.807, 2.05) is 0 Å². The van der Waals surface area contributed by atoms with Gasteiger partial charge in [-0.15, -0.1) is 0 Å². The Morgan fingerprint density at radius 3 is 2.63 bits per heavy atom. The molecule has 2 heterocycles. The molecular formula is C21H17F2N5O2. The lowest BCUT2D eigenvalue weighted by Gasteiger charge is -2.05. The van der Waals surface area contributed by atoms with E-state index in [-0.39, 0.29) is 30.6 Å². The molecule has 7 nitrogen and oxygen atoms in total. The Bertz CT molecular complexity index is 1150. The van der Waals surface area contributed by atoms with Crippen molar-refractivity contribution in [2.45, 2.75) is 13.3 Å². The maximum atomic E-state index is 13.8. The number of aromatic nitrogens is 4. The summed E-state index contributed by atoms with van der Waals surface area (Å²) in [6.45, 7) is 0.317. The standard InChI is InChI=1S/C21H17F2N5O2/c22-16-5-7-18(8-6-16)30-14-27-10-9-20(26-27)21(29)25-17-11-24-28(13-17)12-15-3-1-2-4-19(15)23/h1-11,13H,12,14H2,(H,25,29). The maximum Gasteiger partial charge on any atom is 0.276 e. The average Bonchev–Trinajstić information content (AvgIpc) is 3.39. The van der Waals surface area contributed by atoms with Gasteiger partial charge in [-0.1, -0.05) is 18.2 Å². The number of carbonyl (C=O) groups is 1. The average molecular weight is 409 g/mol. The number of amides is 1. The summed E-state index contributed by atoms with van der Waals surface area (Å²) in [6.07, 6.45) is 4.69. The van der Waals surface area contributed by atoms with Crippen molar-refractivity contribution in [2.24, 2.45) is 0 Å². The van der Waals surface area contributed by atoms with Crippen LogP contribution in [-0.2, 0) is 13.3 Å². The second-order valence-electron chi connectivity index (χ2n) is 6.44. The molecule has 0 aliphatic carbocycles. The van der Waals surface area contributed by atoms with Gasteiger partial charge in [-0.05, 0) is 36.4 Å². The topological polar surface area (TPSA) is 74.0 Å². The SMILES string of the molecule is O=C(Nc1cnn(Cc2ccccc2F)c1)c1ccn(COc2ccc(F)cc2)n1. The Morgan fingerprint density at radius 2 is 1.83 bits per heavy atom. The van der Waals surface area contributed by atoms with Crippen LogP contribution >= 0.6 is 0 Å². The molecule has 0 radical (unpaired) electrons. The van der Waals surface area contributed by atoms with Crippen LogP contribution in [-0.4, -0.2) is 25.5 Å². The minimum atomic E-state index is -0.416. The zero-order valence-electron chi connectivity index (χ0n) is 15.7. The molecule has 0 aliphatic heterocycles. The van der Waals surface area contributed by atoms with Crippen molar-refractivity contribution < 1.29 is 18.3 Å². The predicted octanol–water partition coefficient (Wildman–Crippen LogP) is 3.69. The molecule has 4 aromatic rings. The maximum absolute atomic E-state index is 13.8. The Balaban J connectivity index is 1.34. The van der Waals surface area contributed by atoms with E-state index in [0.29, 0.717) is 17.0 Å². The zero-order valence-corrected chi connectivity index (χ0v) is 15.7. The van der Waals surface area contributed by atoms with E-state index in [0.717, 1.165) is 0 Å². The van der Waals surface area contributed by atoms with E-state index in [1.165, 1.54) is 45.9 Å². The first-order chi connectivity index (χ1) is 14.6. The van der Waals surface area contributed by atoms with E-state index in [4.69, 9.17) is 4.74 Å². The van der Waals surface area contributed by atoms with Crippen LogP contribution in [0.4, 0.5) is 14.5 Å². The first-order valence-electron chi connectivity index (χ1n) is 9.06. The smallest absolute Gasteiger partial charge is 0.276 e. The lowest BCUT2D eigenvalue weighted by Crippen LogP contribution is -2.14. The summed E-state index contributed by atoms with van der Waals surface area (Å²) in [5.41, 5.74) is 1.16. The second-order valence-corrected chi connectivity index (χ2v) is 6.44. The van der Waals surface area contributed by atoms with Crippen LogP contribution < -0.4 is 10.1 Å². The molecule has 0 aliphatic rings. The molecule has 1 N–H and O–H groups in total. The van der Waals surface area contributed by atoms with Gasteiger partial charge in [0.2, 0.25) is 0 Å². The molecular weight excluding hydrogens is 392 g/mol. The quantitative estimate of drug-likeness (QED) is 0.505. The molecule has 30 heavy (non-hydrogen) atoms. The van der Waals surface area contributed by atoms with Crippen molar-refractivity contribution in [1.29, 1.82) is 0 Å². The molecule has 0 spiro atoms. The number of hydrogen-bond acceptors (Lipinski definition) is 4. The molecule has 2 aromatic carbocycles. The minimum absolute atomic E-state index is 0.0689.